The van der Waals surface area contributed by atoms with Crippen molar-refractivity contribution in [2.45, 2.75) is 32.4 Å². The molecule has 0 bridgehead atoms. The Kier molecular flexibility index (Phi) is 7.61. The van der Waals surface area contributed by atoms with Gasteiger partial charge in [0.2, 0.25) is 17.6 Å². The lowest BCUT2D eigenvalue weighted by Crippen LogP contribution is -2.41. The number of aryl methyl sites for hydroxylation is 1. The number of piperidine rings is 1. The normalized spacial score (nSPS) is 15.3. The Balaban J connectivity index is 1.19. The molecule has 1 unspecified atom stereocenters. The Morgan fingerprint density at radius 2 is 1.73 bits per heavy atom. The lowest BCUT2D eigenvalue weighted by Gasteiger charge is -2.31. The third kappa shape index (κ3) is 5.89. The predicted molar refractivity (Wildman–Crippen MR) is 142 cm³/mol. The fraction of sp³-hybridized carbons (Fsp3) is 0.300. The number of likely N-dealkylation sites (tertiary alicyclic amines) is 1. The third-order valence-corrected chi connectivity index (χ3v) is 7.05. The van der Waals surface area contributed by atoms with E-state index >= 15 is 0 Å². The van der Waals surface area contributed by atoms with Crippen LogP contribution in [0.5, 0.6) is 5.75 Å². The molecule has 1 fully saturated rings. The quantitative estimate of drug-likeness (QED) is 0.362. The van der Waals surface area contributed by atoms with Crippen LogP contribution >= 0.6 is 0 Å². The molecule has 0 radical (unpaired) electrons. The molecule has 1 N–H and O–H groups in total. The summed E-state index contributed by atoms with van der Waals surface area (Å²) in [6.45, 7) is 4.28. The number of carbonyl (C=O) groups excluding carboxylic acids is 1. The van der Waals surface area contributed by atoms with Crippen molar-refractivity contribution >= 4 is 5.91 Å². The number of nitrogens with one attached hydrogen (secondary N) is 1. The number of ether oxygens (including phenoxy) is 1. The van der Waals surface area contributed by atoms with Gasteiger partial charge in [-0.05, 0) is 73.8 Å². The van der Waals surface area contributed by atoms with E-state index in [1.165, 1.54) is 5.56 Å². The average Bonchev–Trinajstić information content (AvgIpc) is 3.41. The molecule has 190 valence electrons. The van der Waals surface area contributed by atoms with E-state index in [2.05, 4.69) is 51.5 Å². The smallest absolute Gasteiger partial charge is 0.241 e. The highest BCUT2D eigenvalue weighted by atomic mass is 16.5. The molecule has 1 aromatic heterocycles. The summed E-state index contributed by atoms with van der Waals surface area (Å²) in [4.78, 5) is 20.2. The highest BCUT2D eigenvalue weighted by Gasteiger charge is 2.28. The highest BCUT2D eigenvalue weighted by Crippen LogP contribution is 2.27. The van der Waals surface area contributed by atoms with Crippen LogP contribution in [-0.4, -0.2) is 41.1 Å². The van der Waals surface area contributed by atoms with Crippen molar-refractivity contribution in [3.63, 3.8) is 0 Å². The largest absolute Gasteiger partial charge is 0.497 e. The van der Waals surface area contributed by atoms with Crippen LogP contribution in [0, 0.1) is 12.8 Å². The first-order valence-electron chi connectivity index (χ1n) is 12.7. The highest BCUT2D eigenvalue weighted by molar-refractivity contribution is 5.79. The number of amides is 1. The fourth-order valence-electron chi connectivity index (χ4n) is 4.88. The van der Waals surface area contributed by atoms with Crippen molar-refractivity contribution in [3.05, 3.63) is 101 Å². The first-order valence-corrected chi connectivity index (χ1v) is 12.7. The Labute approximate surface area is 217 Å². The zero-order chi connectivity index (χ0) is 25.6. The summed E-state index contributed by atoms with van der Waals surface area (Å²) in [5.74, 6) is 2.02. The summed E-state index contributed by atoms with van der Waals surface area (Å²) in [6, 6.07) is 25.8. The number of methoxy groups -OCH3 is 1. The van der Waals surface area contributed by atoms with Gasteiger partial charge in [0.05, 0.1) is 19.7 Å². The van der Waals surface area contributed by atoms with Crippen LogP contribution in [0.2, 0.25) is 0 Å². The van der Waals surface area contributed by atoms with Crippen LogP contribution in [0.4, 0.5) is 0 Å². The molecule has 37 heavy (non-hydrogen) atoms. The molecule has 1 aliphatic rings. The van der Waals surface area contributed by atoms with E-state index in [-0.39, 0.29) is 17.9 Å². The summed E-state index contributed by atoms with van der Waals surface area (Å²) in [5, 5.41) is 7.48. The zero-order valence-electron chi connectivity index (χ0n) is 21.3. The number of nitrogens with zero attached hydrogens (tertiary/aromatic N) is 3. The predicted octanol–water partition coefficient (Wildman–Crippen LogP) is 5.17. The van der Waals surface area contributed by atoms with E-state index in [1.807, 2.05) is 54.6 Å². The topological polar surface area (TPSA) is 80.5 Å². The summed E-state index contributed by atoms with van der Waals surface area (Å²) >= 11 is 0. The van der Waals surface area contributed by atoms with Crippen molar-refractivity contribution in [3.8, 4) is 17.1 Å². The fourth-order valence-corrected chi connectivity index (χ4v) is 4.88. The Morgan fingerprint density at radius 1 is 1.03 bits per heavy atom. The second-order valence-electron chi connectivity index (χ2n) is 9.50. The summed E-state index contributed by atoms with van der Waals surface area (Å²) in [6.07, 6.45) is 1.58. The number of aromatic nitrogens is 2. The minimum absolute atomic E-state index is 0.0241. The van der Waals surface area contributed by atoms with Crippen LogP contribution in [-0.2, 0) is 11.3 Å². The summed E-state index contributed by atoms with van der Waals surface area (Å²) < 4.78 is 10.7. The van der Waals surface area contributed by atoms with Gasteiger partial charge in [-0.3, -0.25) is 9.69 Å². The van der Waals surface area contributed by atoms with Crippen LogP contribution in [0.3, 0.4) is 0 Å². The van der Waals surface area contributed by atoms with Gasteiger partial charge < -0.3 is 14.6 Å². The lowest BCUT2D eigenvalue weighted by molar-refractivity contribution is -0.127. The number of hydrogen-bond acceptors (Lipinski definition) is 6. The second-order valence-corrected chi connectivity index (χ2v) is 9.50. The minimum atomic E-state index is -0.164. The number of rotatable bonds is 8. The van der Waals surface area contributed by atoms with Crippen LogP contribution in [0.1, 0.15) is 41.5 Å². The third-order valence-electron chi connectivity index (χ3n) is 7.05. The van der Waals surface area contributed by atoms with E-state index in [4.69, 9.17) is 9.26 Å². The molecule has 0 spiro atoms. The second kappa shape index (κ2) is 11.4. The SMILES string of the molecule is COc1ccc(-c2noc(CN3CCC(C(=O)NC(c4ccccc4)c4ccccc4C)CC3)n2)cc1. The Bertz CT molecular complexity index is 1310. The van der Waals surface area contributed by atoms with E-state index in [9.17, 15) is 4.79 Å². The van der Waals surface area contributed by atoms with Gasteiger partial charge in [-0.2, -0.15) is 4.98 Å². The van der Waals surface area contributed by atoms with Gasteiger partial charge in [-0.25, -0.2) is 0 Å². The van der Waals surface area contributed by atoms with Gasteiger partial charge in [0, 0.05) is 11.5 Å². The van der Waals surface area contributed by atoms with E-state index in [0.717, 1.165) is 48.4 Å². The van der Waals surface area contributed by atoms with Crippen molar-refractivity contribution in [1.82, 2.24) is 20.4 Å². The molecule has 4 aromatic rings. The van der Waals surface area contributed by atoms with Crippen molar-refractivity contribution in [2.75, 3.05) is 20.2 Å². The maximum Gasteiger partial charge on any atom is 0.241 e. The number of benzene rings is 3. The molecule has 1 atom stereocenters. The maximum absolute atomic E-state index is 13.4. The van der Waals surface area contributed by atoms with Crippen LogP contribution < -0.4 is 10.1 Å². The average molecular weight is 497 g/mol. The van der Waals surface area contributed by atoms with E-state index in [1.54, 1.807) is 7.11 Å². The summed E-state index contributed by atoms with van der Waals surface area (Å²) in [5.41, 5.74) is 4.27. The summed E-state index contributed by atoms with van der Waals surface area (Å²) in [7, 11) is 1.64. The Morgan fingerprint density at radius 3 is 2.43 bits per heavy atom. The van der Waals surface area contributed by atoms with Gasteiger partial charge in [0.15, 0.2) is 0 Å². The molecule has 1 aliphatic heterocycles. The molecule has 2 heterocycles. The van der Waals surface area contributed by atoms with Crippen molar-refractivity contribution in [1.29, 1.82) is 0 Å². The van der Waals surface area contributed by atoms with Gasteiger partial charge in [-0.1, -0.05) is 59.8 Å². The van der Waals surface area contributed by atoms with E-state index in [0.29, 0.717) is 18.3 Å². The standard InChI is InChI=1S/C30H32N4O3/c1-21-8-6-7-11-26(21)28(22-9-4-3-5-10-22)32-30(35)24-16-18-34(19-17-24)20-27-31-29(33-37-27)23-12-14-25(36-2)15-13-23/h3-15,24,28H,16-20H2,1-2H3,(H,32,35). The molecule has 7 nitrogen and oxygen atoms in total. The van der Waals surface area contributed by atoms with Gasteiger partial charge in [-0.15, -0.1) is 0 Å². The zero-order valence-corrected chi connectivity index (χ0v) is 21.3. The number of carbonyl (C=O) groups is 1. The van der Waals surface area contributed by atoms with Crippen LogP contribution in [0.25, 0.3) is 11.4 Å². The van der Waals surface area contributed by atoms with Gasteiger partial charge in [0.1, 0.15) is 5.75 Å². The first-order chi connectivity index (χ1) is 18.1. The molecule has 5 rings (SSSR count). The molecule has 1 amide bonds. The molecule has 0 saturated carbocycles. The van der Waals surface area contributed by atoms with Crippen molar-refractivity contribution < 1.29 is 14.1 Å². The lowest BCUT2D eigenvalue weighted by atomic mass is 9.92. The molecule has 0 aliphatic carbocycles. The first kappa shape index (κ1) is 24.7. The van der Waals surface area contributed by atoms with Crippen LogP contribution in [0.15, 0.2) is 83.4 Å². The molecule has 1 saturated heterocycles. The van der Waals surface area contributed by atoms with Gasteiger partial charge >= 0.3 is 0 Å². The van der Waals surface area contributed by atoms with Gasteiger partial charge in [0.25, 0.3) is 0 Å². The molecule has 7 heteroatoms. The van der Waals surface area contributed by atoms with E-state index < -0.39 is 0 Å². The Hall–Kier alpha value is -3.97. The molecular formula is C30H32N4O3. The minimum Gasteiger partial charge on any atom is -0.497 e. The van der Waals surface area contributed by atoms with Crippen molar-refractivity contribution in [2.24, 2.45) is 5.92 Å². The molecular weight excluding hydrogens is 464 g/mol. The molecule has 3 aromatic carbocycles. The monoisotopic (exact) mass is 496 g/mol. The number of hydrogen-bond donors (Lipinski definition) is 1. The maximum atomic E-state index is 13.4.